The molecule has 6 heteroatoms. The number of ether oxygens (including phenoxy) is 2. The largest absolute Gasteiger partial charge is 0.390 e. The highest BCUT2D eigenvalue weighted by molar-refractivity contribution is 7.90. The number of aliphatic hydroxyl groups is 1. The lowest BCUT2D eigenvalue weighted by atomic mass is 10.1. The van der Waals surface area contributed by atoms with Gasteiger partial charge in [0.1, 0.15) is 15.9 Å². The van der Waals surface area contributed by atoms with Crippen molar-refractivity contribution in [3.8, 4) is 0 Å². The Hall–Kier alpha value is -0.170. The van der Waals surface area contributed by atoms with Crippen molar-refractivity contribution in [2.24, 2.45) is 0 Å². The second-order valence-corrected chi connectivity index (χ2v) is 6.08. The van der Waals surface area contributed by atoms with Gasteiger partial charge in [0, 0.05) is 12.0 Å². The van der Waals surface area contributed by atoms with E-state index < -0.39 is 15.9 Å². The summed E-state index contributed by atoms with van der Waals surface area (Å²) in [7, 11) is -2.93. The Morgan fingerprint density at radius 3 is 2.73 bits per heavy atom. The van der Waals surface area contributed by atoms with Crippen LogP contribution in [0.15, 0.2) is 0 Å². The zero-order chi connectivity index (χ0) is 11.3. The summed E-state index contributed by atoms with van der Waals surface area (Å²) in [6.07, 6.45) is 1.14. The van der Waals surface area contributed by atoms with E-state index in [4.69, 9.17) is 9.47 Å². The molecule has 0 aromatic heterocycles. The smallest absolute Gasteiger partial charge is 0.147 e. The number of hydrogen-bond acceptors (Lipinski definition) is 5. The van der Waals surface area contributed by atoms with E-state index >= 15 is 0 Å². The van der Waals surface area contributed by atoms with Crippen LogP contribution in [0.2, 0.25) is 0 Å². The molecule has 1 heterocycles. The molecule has 1 aliphatic rings. The van der Waals surface area contributed by atoms with Crippen molar-refractivity contribution >= 4 is 9.84 Å². The molecule has 1 rings (SSSR count). The van der Waals surface area contributed by atoms with E-state index in [1.807, 2.05) is 0 Å². The van der Waals surface area contributed by atoms with E-state index in [1.165, 1.54) is 6.26 Å². The third-order valence-corrected chi connectivity index (χ3v) is 3.32. The fourth-order valence-electron chi connectivity index (χ4n) is 1.47. The van der Waals surface area contributed by atoms with Crippen LogP contribution in [-0.2, 0) is 19.3 Å². The number of aliphatic hydroxyl groups excluding tert-OH is 1. The molecule has 1 saturated heterocycles. The van der Waals surface area contributed by atoms with E-state index in [2.05, 4.69) is 0 Å². The quantitative estimate of drug-likeness (QED) is 0.704. The summed E-state index contributed by atoms with van der Waals surface area (Å²) in [5.41, 5.74) is 0. The van der Waals surface area contributed by atoms with Gasteiger partial charge in [0.15, 0.2) is 0 Å². The first-order chi connectivity index (χ1) is 6.99. The molecule has 5 nitrogen and oxygen atoms in total. The Labute approximate surface area is 90.3 Å². The van der Waals surface area contributed by atoms with Gasteiger partial charge in [-0.1, -0.05) is 0 Å². The van der Waals surface area contributed by atoms with Crippen molar-refractivity contribution in [3.05, 3.63) is 0 Å². The molecule has 0 saturated carbocycles. The maximum Gasteiger partial charge on any atom is 0.147 e. The van der Waals surface area contributed by atoms with Gasteiger partial charge in [-0.2, -0.15) is 0 Å². The summed E-state index contributed by atoms with van der Waals surface area (Å²) in [4.78, 5) is 0. The second-order valence-electron chi connectivity index (χ2n) is 3.82. The molecule has 0 aliphatic carbocycles. The van der Waals surface area contributed by atoms with Crippen LogP contribution in [0.4, 0.5) is 0 Å². The molecule has 0 radical (unpaired) electrons. The van der Waals surface area contributed by atoms with Crippen molar-refractivity contribution in [3.63, 3.8) is 0 Å². The van der Waals surface area contributed by atoms with E-state index in [-0.39, 0.29) is 11.9 Å². The van der Waals surface area contributed by atoms with Crippen LogP contribution in [0.5, 0.6) is 0 Å². The van der Waals surface area contributed by atoms with Crippen LogP contribution in [-0.4, -0.2) is 57.6 Å². The van der Waals surface area contributed by atoms with Crippen molar-refractivity contribution in [2.45, 2.75) is 25.0 Å². The van der Waals surface area contributed by atoms with Gasteiger partial charge in [0.2, 0.25) is 0 Å². The summed E-state index contributed by atoms with van der Waals surface area (Å²) < 4.78 is 32.1. The van der Waals surface area contributed by atoms with Crippen LogP contribution >= 0.6 is 0 Å². The molecule has 0 amide bonds. The number of sulfone groups is 1. The van der Waals surface area contributed by atoms with Crippen LogP contribution in [0.25, 0.3) is 0 Å². The Kier molecular flexibility index (Phi) is 4.98. The average molecular weight is 238 g/mol. The molecule has 0 aromatic rings. The van der Waals surface area contributed by atoms with E-state index in [1.54, 1.807) is 0 Å². The Balaban J connectivity index is 2.20. The van der Waals surface area contributed by atoms with Crippen LogP contribution in [0, 0.1) is 0 Å². The maximum absolute atomic E-state index is 10.9. The molecule has 2 atom stereocenters. The highest BCUT2D eigenvalue weighted by Gasteiger charge is 2.22. The SMILES string of the molecule is CS(=O)(=O)CCCC(O)C1COCCO1. The molecule has 0 spiro atoms. The van der Waals surface area contributed by atoms with Gasteiger partial charge in [-0.15, -0.1) is 0 Å². The Morgan fingerprint density at radius 1 is 1.47 bits per heavy atom. The summed E-state index contributed by atoms with van der Waals surface area (Å²) in [5.74, 6) is 0.109. The number of hydrogen-bond donors (Lipinski definition) is 1. The minimum atomic E-state index is -2.93. The monoisotopic (exact) mass is 238 g/mol. The van der Waals surface area contributed by atoms with Gasteiger partial charge < -0.3 is 14.6 Å². The van der Waals surface area contributed by atoms with Gasteiger partial charge in [-0.25, -0.2) is 8.42 Å². The predicted octanol–water partition coefficient (Wildman–Crippen LogP) is -0.413. The molecule has 15 heavy (non-hydrogen) atoms. The normalized spacial score (nSPS) is 25.1. The molecule has 1 fully saturated rings. The van der Waals surface area contributed by atoms with E-state index in [9.17, 15) is 13.5 Å². The Bertz CT molecular complexity index is 268. The fourth-order valence-corrected chi connectivity index (χ4v) is 2.16. The average Bonchev–Trinajstić information content (AvgIpc) is 2.17. The first kappa shape index (κ1) is 12.9. The van der Waals surface area contributed by atoms with Crippen molar-refractivity contribution < 1.29 is 23.0 Å². The zero-order valence-corrected chi connectivity index (χ0v) is 9.70. The zero-order valence-electron chi connectivity index (χ0n) is 8.89. The lowest BCUT2D eigenvalue weighted by molar-refractivity contribution is -0.133. The minimum absolute atomic E-state index is 0.109. The Morgan fingerprint density at radius 2 is 2.20 bits per heavy atom. The second kappa shape index (κ2) is 5.79. The van der Waals surface area contributed by atoms with Crippen molar-refractivity contribution in [1.29, 1.82) is 0 Å². The summed E-state index contributed by atoms with van der Waals surface area (Å²) >= 11 is 0. The fraction of sp³-hybridized carbons (Fsp3) is 1.00. The van der Waals surface area contributed by atoms with Gasteiger partial charge in [0.05, 0.1) is 25.9 Å². The van der Waals surface area contributed by atoms with E-state index in [0.29, 0.717) is 32.7 Å². The van der Waals surface area contributed by atoms with Crippen molar-refractivity contribution in [2.75, 3.05) is 31.8 Å². The summed E-state index contributed by atoms with van der Waals surface area (Å²) in [6.45, 7) is 1.44. The third kappa shape index (κ3) is 5.46. The van der Waals surface area contributed by atoms with Gasteiger partial charge in [0.25, 0.3) is 0 Å². The molecule has 1 aliphatic heterocycles. The van der Waals surface area contributed by atoms with Gasteiger partial charge >= 0.3 is 0 Å². The van der Waals surface area contributed by atoms with Crippen LogP contribution in [0.1, 0.15) is 12.8 Å². The standard InChI is InChI=1S/C9H18O5S/c1-15(11,12)6-2-3-8(10)9-7-13-4-5-14-9/h8-10H,2-7H2,1H3. The van der Waals surface area contributed by atoms with E-state index in [0.717, 1.165) is 0 Å². The lowest BCUT2D eigenvalue weighted by Gasteiger charge is -2.27. The highest BCUT2D eigenvalue weighted by atomic mass is 32.2. The first-order valence-corrected chi connectivity index (χ1v) is 7.10. The van der Waals surface area contributed by atoms with Crippen molar-refractivity contribution in [1.82, 2.24) is 0 Å². The highest BCUT2D eigenvalue weighted by Crippen LogP contribution is 2.11. The lowest BCUT2D eigenvalue weighted by Crippen LogP contribution is -2.38. The molecule has 1 N–H and O–H groups in total. The third-order valence-electron chi connectivity index (χ3n) is 2.29. The first-order valence-electron chi connectivity index (χ1n) is 5.04. The van der Waals surface area contributed by atoms with Gasteiger partial charge in [-0.3, -0.25) is 0 Å². The molecule has 0 bridgehead atoms. The topological polar surface area (TPSA) is 72.8 Å². The maximum atomic E-state index is 10.9. The number of rotatable bonds is 5. The molecular formula is C9H18O5S. The van der Waals surface area contributed by atoms with Crippen LogP contribution in [0.3, 0.4) is 0 Å². The summed E-state index contributed by atoms with van der Waals surface area (Å²) in [6, 6.07) is 0. The summed E-state index contributed by atoms with van der Waals surface area (Å²) in [5, 5.41) is 9.67. The van der Waals surface area contributed by atoms with Crippen LogP contribution < -0.4 is 0 Å². The van der Waals surface area contributed by atoms with Gasteiger partial charge in [-0.05, 0) is 12.8 Å². The molecule has 0 aromatic carbocycles. The predicted molar refractivity (Wildman–Crippen MR) is 55.5 cm³/mol. The molecule has 90 valence electrons. The minimum Gasteiger partial charge on any atom is -0.390 e. The molecule has 2 unspecified atom stereocenters. The molecular weight excluding hydrogens is 220 g/mol.